The van der Waals surface area contributed by atoms with E-state index in [4.69, 9.17) is 9.47 Å². The van der Waals surface area contributed by atoms with E-state index in [1.807, 2.05) is 41.8 Å². The summed E-state index contributed by atoms with van der Waals surface area (Å²) in [6, 6.07) is 11.3. The first kappa shape index (κ1) is 26.8. The standard InChI is InChI=1S/C27H29N5O5S/c1-5-32-24(33)23(30-19-16-28-15-17-9-6-7-10-18(17)19)21(22(31-32)20-11-8-14-38-20)25(34)36-13-12-29-26(35)37-27(2,3)4/h6-11,14-16,30H,5,12-13H2,1-4H3,(H,29,35). The number of fused-ring (bicyclic) bond motifs is 1. The molecule has 0 spiro atoms. The second kappa shape index (κ2) is 11.4. The predicted molar refractivity (Wildman–Crippen MR) is 147 cm³/mol. The molecule has 0 bridgehead atoms. The summed E-state index contributed by atoms with van der Waals surface area (Å²) in [5.41, 5.74) is -0.197. The number of pyridine rings is 1. The molecule has 0 atom stereocenters. The molecule has 0 aliphatic rings. The third-order valence-electron chi connectivity index (χ3n) is 5.35. The second-order valence-corrected chi connectivity index (χ2v) is 10.2. The summed E-state index contributed by atoms with van der Waals surface area (Å²) in [4.78, 5) is 43.8. The molecule has 1 amide bonds. The van der Waals surface area contributed by atoms with Gasteiger partial charge in [0.25, 0.3) is 5.56 Å². The maximum absolute atomic E-state index is 13.5. The molecule has 4 rings (SSSR count). The molecule has 0 saturated heterocycles. The van der Waals surface area contributed by atoms with Gasteiger partial charge in [-0.3, -0.25) is 9.78 Å². The Morgan fingerprint density at radius 3 is 2.61 bits per heavy atom. The van der Waals surface area contributed by atoms with Crippen LogP contribution in [0.5, 0.6) is 0 Å². The number of benzene rings is 1. The second-order valence-electron chi connectivity index (χ2n) is 9.29. The molecule has 11 heteroatoms. The number of amides is 1. The third kappa shape index (κ3) is 6.17. The van der Waals surface area contributed by atoms with Gasteiger partial charge in [0.2, 0.25) is 0 Å². The van der Waals surface area contributed by atoms with Gasteiger partial charge < -0.3 is 20.1 Å². The van der Waals surface area contributed by atoms with Crippen molar-refractivity contribution in [1.82, 2.24) is 20.1 Å². The molecular weight excluding hydrogens is 506 g/mol. The highest BCUT2D eigenvalue weighted by Gasteiger charge is 2.27. The summed E-state index contributed by atoms with van der Waals surface area (Å²) >= 11 is 1.39. The van der Waals surface area contributed by atoms with Crippen molar-refractivity contribution in [2.24, 2.45) is 0 Å². The van der Waals surface area contributed by atoms with Crippen molar-refractivity contribution < 1.29 is 19.1 Å². The molecule has 0 saturated carbocycles. The monoisotopic (exact) mass is 535 g/mol. The van der Waals surface area contributed by atoms with Gasteiger partial charge in [0, 0.05) is 23.5 Å². The van der Waals surface area contributed by atoms with Gasteiger partial charge in [-0.05, 0) is 39.1 Å². The highest BCUT2D eigenvalue weighted by atomic mass is 32.1. The summed E-state index contributed by atoms with van der Waals surface area (Å²) in [7, 11) is 0. The Labute approximate surface area is 223 Å². The van der Waals surface area contributed by atoms with E-state index in [1.54, 1.807) is 40.1 Å². The van der Waals surface area contributed by atoms with E-state index in [2.05, 4.69) is 20.7 Å². The van der Waals surface area contributed by atoms with E-state index in [0.29, 0.717) is 22.8 Å². The van der Waals surface area contributed by atoms with Crippen LogP contribution in [0.15, 0.2) is 59.0 Å². The fourth-order valence-corrected chi connectivity index (χ4v) is 4.43. The molecule has 0 fully saturated rings. The number of aryl methyl sites for hydroxylation is 1. The van der Waals surface area contributed by atoms with Gasteiger partial charge in [-0.2, -0.15) is 5.10 Å². The van der Waals surface area contributed by atoms with Gasteiger partial charge in [-0.1, -0.05) is 30.3 Å². The first-order valence-electron chi connectivity index (χ1n) is 12.1. The summed E-state index contributed by atoms with van der Waals surface area (Å²) in [5.74, 6) is -0.747. The minimum absolute atomic E-state index is 0.00681. The highest BCUT2D eigenvalue weighted by Crippen LogP contribution is 2.32. The molecule has 1 aromatic carbocycles. The number of hydrogen-bond donors (Lipinski definition) is 2. The molecule has 0 aliphatic heterocycles. The van der Waals surface area contributed by atoms with Crippen LogP contribution < -0.4 is 16.2 Å². The molecular formula is C27H29N5O5S. The molecule has 0 aliphatic carbocycles. The summed E-state index contributed by atoms with van der Waals surface area (Å²) < 4.78 is 12.0. The molecule has 3 aromatic heterocycles. The van der Waals surface area contributed by atoms with Crippen LogP contribution in [-0.2, 0) is 16.0 Å². The Balaban J connectivity index is 1.70. The Morgan fingerprint density at radius 2 is 1.89 bits per heavy atom. The number of nitrogens with zero attached hydrogens (tertiary/aromatic N) is 3. The molecule has 0 radical (unpaired) electrons. The molecule has 0 unspecified atom stereocenters. The number of rotatable bonds is 8. The molecule has 3 heterocycles. The summed E-state index contributed by atoms with van der Waals surface area (Å²) in [5, 5.41) is 13.8. The van der Waals surface area contributed by atoms with Crippen molar-refractivity contribution in [3.8, 4) is 10.6 Å². The number of aromatic nitrogens is 3. The molecule has 198 valence electrons. The number of esters is 1. The maximum Gasteiger partial charge on any atom is 0.407 e. The number of ether oxygens (including phenoxy) is 2. The average Bonchev–Trinajstić information content (AvgIpc) is 3.41. The lowest BCUT2D eigenvalue weighted by molar-refractivity contribution is 0.0434. The zero-order chi connectivity index (χ0) is 27.3. The van der Waals surface area contributed by atoms with Crippen LogP contribution in [0.1, 0.15) is 38.1 Å². The van der Waals surface area contributed by atoms with E-state index in [-0.39, 0.29) is 24.4 Å². The fourth-order valence-electron chi connectivity index (χ4n) is 3.72. The number of alkyl carbamates (subject to hydrolysis) is 1. The lowest BCUT2D eigenvalue weighted by Gasteiger charge is -2.20. The van der Waals surface area contributed by atoms with E-state index < -0.39 is 23.2 Å². The fraction of sp³-hybridized carbons (Fsp3) is 0.296. The lowest BCUT2D eigenvalue weighted by Crippen LogP contribution is -2.34. The lowest BCUT2D eigenvalue weighted by atomic mass is 10.1. The number of thiophene rings is 1. The van der Waals surface area contributed by atoms with Gasteiger partial charge in [0.1, 0.15) is 29.2 Å². The van der Waals surface area contributed by atoms with Gasteiger partial charge in [0.15, 0.2) is 0 Å². The molecule has 38 heavy (non-hydrogen) atoms. The van der Waals surface area contributed by atoms with Crippen LogP contribution in [0.3, 0.4) is 0 Å². The number of carbonyl (C=O) groups excluding carboxylic acids is 2. The van der Waals surface area contributed by atoms with Crippen LogP contribution in [0.4, 0.5) is 16.2 Å². The number of carbonyl (C=O) groups is 2. The molecule has 4 aromatic rings. The highest BCUT2D eigenvalue weighted by molar-refractivity contribution is 7.13. The first-order chi connectivity index (χ1) is 18.2. The first-order valence-corrected chi connectivity index (χ1v) is 13.0. The van der Waals surface area contributed by atoms with Crippen molar-refractivity contribution >= 4 is 45.5 Å². The topological polar surface area (TPSA) is 124 Å². The van der Waals surface area contributed by atoms with Crippen LogP contribution in [0.2, 0.25) is 0 Å². The van der Waals surface area contributed by atoms with Gasteiger partial charge in [-0.15, -0.1) is 11.3 Å². The van der Waals surface area contributed by atoms with E-state index in [1.165, 1.54) is 16.0 Å². The SMILES string of the molecule is CCn1nc(-c2cccs2)c(C(=O)OCCNC(=O)OC(C)(C)C)c(Nc2cncc3ccccc23)c1=O. The Hall–Kier alpha value is -4.25. The van der Waals surface area contributed by atoms with Crippen LogP contribution in [0, 0.1) is 0 Å². The van der Waals surface area contributed by atoms with E-state index >= 15 is 0 Å². The van der Waals surface area contributed by atoms with Crippen molar-refractivity contribution in [3.05, 3.63) is 70.1 Å². The largest absolute Gasteiger partial charge is 0.460 e. The zero-order valence-electron chi connectivity index (χ0n) is 21.6. The average molecular weight is 536 g/mol. The van der Waals surface area contributed by atoms with E-state index in [9.17, 15) is 14.4 Å². The molecule has 2 N–H and O–H groups in total. The quantitative estimate of drug-likeness (QED) is 0.240. The van der Waals surface area contributed by atoms with Gasteiger partial charge in [-0.25, -0.2) is 14.3 Å². The Bertz CT molecular complexity index is 1500. The maximum atomic E-state index is 13.5. The van der Waals surface area contributed by atoms with Gasteiger partial charge in [0.05, 0.1) is 23.3 Å². The zero-order valence-corrected chi connectivity index (χ0v) is 22.4. The summed E-state index contributed by atoms with van der Waals surface area (Å²) in [6.07, 6.45) is 2.70. The van der Waals surface area contributed by atoms with Crippen LogP contribution in [0.25, 0.3) is 21.3 Å². The van der Waals surface area contributed by atoms with Crippen LogP contribution in [-0.4, -0.2) is 45.6 Å². The normalized spacial score (nSPS) is 11.3. The third-order valence-corrected chi connectivity index (χ3v) is 6.22. The van der Waals surface area contributed by atoms with Crippen molar-refractivity contribution in [2.75, 3.05) is 18.5 Å². The van der Waals surface area contributed by atoms with Crippen LogP contribution >= 0.6 is 11.3 Å². The van der Waals surface area contributed by atoms with Crippen molar-refractivity contribution in [2.45, 2.75) is 39.8 Å². The minimum Gasteiger partial charge on any atom is -0.460 e. The number of nitrogens with one attached hydrogen (secondary N) is 2. The number of anilines is 2. The Morgan fingerprint density at radius 1 is 1.11 bits per heavy atom. The number of hydrogen-bond acceptors (Lipinski definition) is 9. The Kier molecular flexibility index (Phi) is 8.06. The van der Waals surface area contributed by atoms with Crippen molar-refractivity contribution in [3.63, 3.8) is 0 Å². The summed E-state index contributed by atoms with van der Waals surface area (Å²) in [6.45, 7) is 7.27. The van der Waals surface area contributed by atoms with Crippen molar-refractivity contribution in [1.29, 1.82) is 0 Å². The smallest absolute Gasteiger partial charge is 0.407 e. The molecule has 10 nitrogen and oxygen atoms in total. The van der Waals surface area contributed by atoms with Gasteiger partial charge >= 0.3 is 12.1 Å². The predicted octanol–water partition coefficient (Wildman–Crippen LogP) is 4.97. The van der Waals surface area contributed by atoms with E-state index in [0.717, 1.165) is 10.8 Å². The minimum atomic E-state index is -0.747.